The number of rotatable bonds is 11. The fraction of sp³-hybridized carbons (Fsp3) is 0. The number of hydrogen-bond acceptors (Lipinski definition) is 0. The van der Waals surface area contributed by atoms with Gasteiger partial charge in [-0.3, -0.25) is 0 Å². The standard InChI is InChI=1S/C78H54N2Si/c1-7-25-55(26-8-1)59-33-23-39-65(49-59)81(64-37-17-6-18-38-64,66-40-24-34-60(50-66)56-27-9-2-10-28-56)67-53-71(57-29-11-3-12-30-57)78(72(54-67)58-31-13-4-14-32-58)80-75-44-22-20-42-69(75)73-51-61(46-48-76(73)80)62-45-47-70-68-41-19-21-43-74(68)79(77(70)52-62)63-35-15-5-16-36-63/h1-54H. The summed E-state index contributed by atoms with van der Waals surface area (Å²) < 4.78 is 4.98. The Morgan fingerprint density at radius 1 is 0.198 bits per heavy atom. The van der Waals surface area contributed by atoms with Gasteiger partial charge in [0.15, 0.2) is 8.07 Å². The number of fused-ring (bicyclic) bond motifs is 6. The van der Waals surface area contributed by atoms with Crippen molar-refractivity contribution in [2.24, 2.45) is 0 Å². The van der Waals surface area contributed by atoms with Crippen LogP contribution in [0.1, 0.15) is 0 Å². The number of benzene rings is 13. The molecule has 2 heterocycles. The predicted molar refractivity (Wildman–Crippen MR) is 346 cm³/mol. The Kier molecular flexibility index (Phi) is 11.9. The van der Waals surface area contributed by atoms with E-state index in [-0.39, 0.29) is 0 Å². The van der Waals surface area contributed by atoms with Crippen LogP contribution in [0, 0.1) is 0 Å². The van der Waals surface area contributed by atoms with E-state index in [0.29, 0.717) is 0 Å². The molecule has 0 aliphatic rings. The van der Waals surface area contributed by atoms with Crippen LogP contribution in [0.5, 0.6) is 0 Å². The Morgan fingerprint density at radius 3 is 1.14 bits per heavy atom. The van der Waals surface area contributed by atoms with E-state index in [1.807, 2.05) is 0 Å². The van der Waals surface area contributed by atoms with Crippen molar-refractivity contribution in [2.75, 3.05) is 0 Å². The lowest BCUT2D eigenvalue weighted by Gasteiger charge is -2.36. The molecule has 0 amide bonds. The van der Waals surface area contributed by atoms with Crippen LogP contribution < -0.4 is 20.7 Å². The van der Waals surface area contributed by atoms with Gasteiger partial charge in [-0.2, -0.15) is 0 Å². The summed E-state index contributed by atoms with van der Waals surface area (Å²) in [7, 11) is -3.28. The van der Waals surface area contributed by atoms with Crippen LogP contribution in [0.2, 0.25) is 0 Å². The van der Waals surface area contributed by atoms with Gasteiger partial charge in [-0.15, -0.1) is 0 Å². The number of para-hydroxylation sites is 3. The average molecular weight is 1050 g/mol. The van der Waals surface area contributed by atoms with Gasteiger partial charge in [0.05, 0.1) is 27.8 Å². The molecule has 2 nitrogen and oxygen atoms in total. The van der Waals surface area contributed by atoms with Gasteiger partial charge in [0.1, 0.15) is 0 Å². The van der Waals surface area contributed by atoms with Crippen LogP contribution >= 0.6 is 0 Å². The quantitative estimate of drug-likeness (QED) is 0.0902. The lowest BCUT2D eigenvalue weighted by Crippen LogP contribution is -2.74. The molecule has 0 saturated heterocycles. The molecule has 2 aromatic heterocycles. The summed E-state index contributed by atoms with van der Waals surface area (Å²) in [5, 5.41) is 10.2. The van der Waals surface area contributed by atoms with Gasteiger partial charge in [-0.25, -0.2) is 0 Å². The van der Waals surface area contributed by atoms with E-state index in [1.54, 1.807) is 0 Å². The molecule has 0 saturated carbocycles. The van der Waals surface area contributed by atoms with Crippen molar-refractivity contribution in [2.45, 2.75) is 0 Å². The normalized spacial score (nSPS) is 11.7. The van der Waals surface area contributed by atoms with Crippen LogP contribution in [-0.2, 0) is 0 Å². The molecule has 0 unspecified atom stereocenters. The summed E-state index contributed by atoms with van der Waals surface area (Å²) in [6.07, 6.45) is 0. The highest BCUT2D eigenvalue weighted by molar-refractivity contribution is 7.20. The third kappa shape index (κ3) is 8.17. The van der Waals surface area contributed by atoms with E-state index in [2.05, 4.69) is 337 Å². The van der Waals surface area contributed by atoms with E-state index in [1.165, 1.54) is 97.8 Å². The van der Waals surface area contributed by atoms with Gasteiger partial charge in [0, 0.05) is 38.4 Å². The van der Waals surface area contributed by atoms with Gasteiger partial charge in [0.2, 0.25) is 0 Å². The van der Waals surface area contributed by atoms with Gasteiger partial charge in [0.25, 0.3) is 0 Å². The Bertz CT molecular complexity index is 4630. The average Bonchev–Trinajstić information content (AvgIpc) is 4.24. The van der Waals surface area contributed by atoms with E-state index >= 15 is 0 Å². The summed E-state index contributed by atoms with van der Waals surface area (Å²) >= 11 is 0. The van der Waals surface area contributed by atoms with E-state index in [0.717, 1.165) is 33.5 Å². The van der Waals surface area contributed by atoms with Gasteiger partial charge >= 0.3 is 0 Å². The van der Waals surface area contributed by atoms with E-state index in [9.17, 15) is 0 Å². The Morgan fingerprint density at radius 2 is 0.580 bits per heavy atom. The fourth-order valence-corrected chi connectivity index (χ4v) is 17.8. The second-order valence-electron chi connectivity index (χ2n) is 21.2. The molecule has 0 N–H and O–H groups in total. The Hall–Kier alpha value is -10.3. The van der Waals surface area contributed by atoms with Crippen molar-refractivity contribution in [3.8, 4) is 67.0 Å². The first kappa shape index (κ1) is 47.9. The minimum Gasteiger partial charge on any atom is -0.309 e. The smallest absolute Gasteiger partial charge is 0.179 e. The lowest BCUT2D eigenvalue weighted by atomic mass is 9.95. The van der Waals surface area contributed by atoms with Crippen molar-refractivity contribution in [3.05, 3.63) is 328 Å². The number of aromatic nitrogens is 2. The third-order valence-corrected chi connectivity index (χ3v) is 21.4. The maximum absolute atomic E-state index is 3.28. The first-order chi connectivity index (χ1) is 40.2. The molecule has 0 aliphatic carbocycles. The van der Waals surface area contributed by atoms with E-state index < -0.39 is 8.07 Å². The first-order valence-electron chi connectivity index (χ1n) is 28.0. The predicted octanol–water partition coefficient (Wildman–Crippen LogP) is 17.6. The molecule has 0 atom stereocenters. The van der Waals surface area contributed by atoms with Crippen molar-refractivity contribution in [1.29, 1.82) is 0 Å². The van der Waals surface area contributed by atoms with Crippen molar-refractivity contribution < 1.29 is 0 Å². The highest BCUT2D eigenvalue weighted by Gasteiger charge is 2.43. The molecular formula is C78H54N2Si. The molecule has 0 fully saturated rings. The monoisotopic (exact) mass is 1050 g/mol. The van der Waals surface area contributed by atoms with Gasteiger partial charge in [-0.05, 0) is 108 Å². The lowest BCUT2D eigenvalue weighted by molar-refractivity contribution is 1.18. The highest BCUT2D eigenvalue weighted by atomic mass is 28.3. The summed E-state index contributed by atoms with van der Waals surface area (Å²) in [4.78, 5) is 0. The Balaban J connectivity index is 1.03. The molecule has 0 spiro atoms. The van der Waals surface area contributed by atoms with Crippen molar-refractivity contribution in [1.82, 2.24) is 9.13 Å². The second-order valence-corrected chi connectivity index (χ2v) is 25.0. The highest BCUT2D eigenvalue weighted by Crippen LogP contribution is 2.43. The molecule has 0 bridgehead atoms. The maximum atomic E-state index is 2.58. The zero-order valence-corrected chi connectivity index (χ0v) is 45.6. The summed E-state index contributed by atoms with van der Waals surface area (Å²) in [5.74, 6) is 0. The minimum atomic E-state index is -3.28. The Labute approximate surface area is 473 Å². The minimum absolute atomic E-state index is 1.15. The molecule has 0 aliphatic heterocycles. The molecule has 81 heavy (non-hydrogen) atoms. The largest absolute Gasteiger partial charge is 0.309 e. The topological polar surface area (TPSA) is 9.86 Å². The zero-order chi connectivity index (χ0) is 53.7. The molecule has 0 radical (unpaired) electrons. The van der Waals surface area contributed by atoms with Crippen LogP contribution in [0.4, 0.5) is 0 Å². The molecule has 380 valence electrons. The van der Waals surface area contributed by atoms with Crippen LogP contribution in [-0.4, -0.2) is 17.2 Å². The molecule has 15 aromatic rings. The van der Waals surface area contributed by atoms with Crippen molar-refractivity contribution >= 4 is 72.4 Å². The molecule has 3 heteroatoms. The summed E-state index contributed by atoms with van der Waals surface area (Å²) in [5.41, 5.74) is 18.8. The van der Waals surface area contributed by atoms with Gasteiger partial charge < -0.3 is 9.13 Å². The molecular weight excluding hydrogens is 993 g/mol. The van der Waals surface area contributed by atoms with Crippen LogP contribution in [0.25, 0.3) is 111 Å². The fourth-order valence-electron chi connectivity index (χ4n) is 13.0. The SMILES string of the molecule is c1ccc(-c2cccc([Si](c3ccccc3)(c3cccc(-c4ccccc4)c3)c3cc(-c4ccccc4)c(-n4c5ccccc5c5cc(-c6ccc7c8ccccc8n(-c8ccccc8)c7c6)ccc54)c(-c4ccccc4)c3)c2)cc1. The second kappa shape index (κ2) is 20.2. The van der Waals surface area contributed by atoms with Gasteiger partial charge in [-0.1, -0.05) is 285 Å². The van der Waals surface area contributed by atoms with Crippen molar-refractivity contribution in [3.63, 3.8) is 0 Å². The first-order valence-corrected chi connectivity index (χ1v) is 30.0. The van der Waals surface area contributed by atoms with Crippen LogP contribution in [0.3, 0.4) is 0 Å². The molecule has 13 aromatic carbocycles. The third-order valence-electron chi connectivity index (χ3n) is 16.6. The number of hydrogen-bond donors (Lipinski definition) is 0. The maximum Gasteiger partial charge on any atom is 0.179 e. The summed E-state index contributed by atoms with van der Waals surface area (Å²) in [6.45, 7) is 0. The zero-order valence-electron chi connectivity index (χ0n) is 44.6. The van der Waals surface area contributed by atoms with Crippen LogP contribution in [0.15, 0.2) is 328 Å². The summed E-state index contributed by atoms with van der Waals surface area (Å²) in [6, 6.07) is 122. The number of nitrogens with zero attached hydrogens (tertiary/aromatic N) is 2. The van der Waals surface area contributed by atoms with E-state index in [4.69, 9.17) is 0 Å². The molecule has 15 rings (SSSR count).